The Labute approximate surface area is 238 Å². The van der Waals surface area contributed by atoms with Crippen molar-refractivity contribution in [2.75, 3.05) is 56.7 Å². The molecule has 3 aliphatic rings. The monoisotopic (exact) mass is 568 g/mol. The Morgan fingerprint density at radius 3 is 2.51 bits per heavy atom. The van der Waals surface area contributed by atoms with Gasteiger partial charge in [-0.05, 0) is 70.2 Å². The number of morpholine rings is 1. The Morgan fingerprint density at radius 2 is 1.78 bits per heavy atom. The number of imidazole rings is 1. The van der Waals surface area contributed by atoms with Crippen molar-refractivity contribution in [2.24, 2.45) is 5.92 Å². The molecular weight excluding hydrogens is 530 g/mol. The van der Waals surface area contributed by atoms with Crippen molar-refractivity contribution in [2.45, 2.75) is 57.0 Å². The third-order valence-electron chi connectivity index (χ3n) is 8.61. The molecule has 0 bridgehead atoms. The zero-order valence-corrected chi connectivity index (χ0v) is 23.4. The topological polar surface area (TPSA) is 100 Å². The van der Waals surface area contributed by atoms with E-state index in [-0.39, 0.29) is 23.8 Å². The molecule has 0 unspecified atom stereocenters. The van der Waals surface area contributed by atoms with Gasteiger partial charge in [-0.1, -0.05) is 12.1 Å². The minimum absolute atomic E-state index is 0.00215. The molecule has 2 aliphatic heterocycles. The zero-order valence-electron chi connectivity index (χ0n) is 23.4. The predicted octanol–water partition coefficient (Wildman–Crippen LogP) is 3.77. The molecule has 2 aromatic heterocycles. The number of nitrogens with one attached hydrogen (secondary N) is 2. The number of carbonyl (C=O) groups is 1. The van der Waals surface area contributed by atoms with Crippen LogP contribution in [0.4, 0.5) is 20.5 Å². The number of hydrogen-bond acceptors (Lipinski definition) is 8. The van der Waals surface area contributed by atoms with Gasteiger partial charge in [-0.15, -0.1) is 0 Å². The third-order valence-corrected chi connectivity index (χ3v) is 8.61. The molecule has 4 heterocycles. The average Bonchev–Trinajstić information content (AvgIpc) is 3.61. The van der Waals surface area contributed by atoms with Crippen LogP contribution < -0.4 is 15.5 Å². The van der Waals surface area contributed by atoms with Crippen LogP contribution in [0, 0.1) is 5.92 Å². The molecule has 1 aromatic carbocycles. The number of aromatic nitrogens is 4. The van der Waals surface area contributed by atoms with Crippen molar-refractivity contribution in [3.05, 3.63) is 36.2 Å². The van der Waals surface area contributed by atoms with E-state index in [1.807, 2.05) is 13.1 Å². The van der Waals surface area contributed by atoms with Crippen LogP contribution in [0.3, 0.4) is 0 Å². The van der Waals surface area contributed by atoms with Crippen LogP contribution >= 0.6 is 0 Å². The molecule has 41 heavy (non-hydrogen) atoms. The molecule has 2 saturated heterocycles. The first-order valence-corrected chi connectivity index (χ1v) is 14.7. The van der Waals surface area contributed by atoms with Gasteiger partial charge < -0.3 is 20.3 Å². The first-order chi connectivity index (χ1) is 20.0. The van der Waals surface area contributed by atoms with Crippen LogP contribution in [0.15, 0.2) is 30.3 Å². The first-order valence-electron chi connectivity index (χ1n) is 14.7. The second-order valence-electron chi connectivity index (χ2n) is 11.3. The van der Waals surface area contributed by atoms with E-state index in [0.717, 1.165) is 45.1 Å². The number of alkyl halides is 2. The number of carbonyl (C=O) groups excluding carboxylic acids is 1. The number of benzene rings is 1. The van der Waals surface area contributed by atoms with Gasteiger partial charge in [-0.2, -0.15) is 9.97 Å². The van der Waals surface area contributed by atoms with Gasteiger partial charge in [0.05, 0.1) is 30.3 Å². The third kappa shape index (κ3) is 6.13. The lowest BCUT2D eigenvalue weighted by Crippen LogP contribution is -2.47. The summed E-state index contributed by atoms with van der Waals surface area (Å²) in [7, 11) is 2.02. The fourth-order valence-electron chi connectivity index (χ4n) is 6.29. The second-order valence-corrected chi connectivity index (χ2v) is 11.3. The number of hydrogen-bond donors (Lipinski definition) is 2. The second kappa shape index (κ2) is 12.2. The molecule has 1 amide bonds. The number of ether oxygens (including phenoxy) is 1. The Balaban J connectivity index is 1.17. The van der Waals surface area contributed by atoms with Gasteiger partial charge in [0.2, 0.25) is 11.9 Å². The van der Waals surface area contributed by atoms with E-state index in [2.05, 4.69) is 25.4 Å². The Hall–Kier alpha value is -3.38. The summed E-state index contributed by atoms with van der Waals surface area (Å²) in [5.41, 5.74) is 1.07. The fourth-order valence-corrected chi connectivity index (χ4v) is 6.29. The van der Waals surface area contributed by atoms with Crippen LogP contribution in [-0.2, 0) is 9.53 Å². The molecule has 2 N–H and O–H groups in total. The number of nitrogens with zero attached hydrogens (tertiary/aromatic N) is 6. The van der Waals surface area contributed by atoms with E-state index in [1.165, 1.54) is 4.57 Å². The number of para-hydroxylation sites is 2. The van der Waals surface area contributed by atoms with Gasteiger partial charge in [0.25, 0.3) is 6.43 Å². The Morgan fingerprint density at radius 1 is 1.02 bits per heavy atom. The first kappa shape index (κ1) is 27.8. The maximum absolute atomic E-state index is 14.1. The summed E-state index contributed by atoms with van der Waals surface area (Å²) in [4.78, 5) is 30.6. The van der Waals surface area contributed by atoms with Crippen LogP contribution in [0.5, 0.6) is 0 Å². The van der Waals surface area contributed by atoms with Crippen LogP contribution in [-0.4, -0.2) is 88.9 Å². The molecule has 12 heteroatoms. The summed E-state index contributed by atoms with van der Waals surface area (Å²) >= 11 is 0. The molecule has 10 nitrogen and oxygen atoms in total. The molecule has 1 atom stereocenters. The van der Waals surface area contributed by atoms with Gasteiger partial charge in [0.1, 0.15) is 11.6 Å². The minimum Gasteiger partial charge on any atom is -0.378 e. The number of anilines is 2. The van der Waals surface area contributed by atoms with E-state index in [9.17, 15) is 13.6 Å². The largest absolute Gasteiger partial charge is 0.378 e. The summed E-state index contributed by atoms with van der Waals surface area (Å²) in [5, 5.41) is 6.67. The average molecular weight is 569 g/mol. The number of likely N-dealkylation sites (tertiary alicyclic amines) is 1. The van der Waals surface area contributed by atoms with Crippen molar-refractivity contribution < 1.29 is 18.3 Å². The molecular formula is C29H38F2N8O2. The van der Waals surface area contributed by atoms with E-state index in [0.29, 0.717) is 67.4 Å². The molecule has 1 aliphatic carbocycles. The van der Waals surface area contributed by atoms with E-state index < -0.39 is 6.43 Å². The predicted molar refractivity (Wildman–Crippen MR) is 153 cm³/mol. The lowest BCUT2D eigenvalue weighted by molar-refractivity contribution is -0.126. The lowest BCUT2D eigenvalue weighted by Gasteiger charge is -2.31. The highest BCUT2D eigenvalue weighted by Gasteiger charge is 2.31. The highest BCUT2D eigenvalue weighted by molar-refractivity contribution is 5.82. The molecule has 0 spiro atoms. The molecule has 0 radical (unpaired) electrons. The maximum atomic E-state index is 14.1. The summed E-state index contributed by atoms with van der Waals surface area (Å²) < 4.78 is 35.2. The van der Waals surface area contributed by atoms with Crippen molar-refractivity contribution in [3.63, 3.8) is 0 Å². The van der Waals surface area contributed by atoms with Gasteiger partial charge in [0.15, 0.2) is 5.82 Å². The van der Waals surface area contributed by atoms with E-state index >= 15 is 0 Å². The highest BCUT2D eigenvalue weighted by atomic mass is 19.3. The Bertz CT molecular complexity index is 1350. The molecule has 6 rings (SSSR count). The molecule has 3 aromatic rings. The van der Waals surface area contributed by atoms with Gasteiger partial charge in [0, 0.05) is 31.7 Å². The molecule has 1 saturated carbocycles. The lowest BCUT2D eigenvalue weighted by atomic mass is 9.86. The quantitative estimate of drug-likeness (QED) is 0.424. The number of rotatable bonds is 8. The number of amides is 1. The van der Waals surface area contributed by atoms with Crippen molar-refractivity contribution in [1.29, 1.82) is 0 Å². The molecule has 3 fully saturated rings. The smallest absolute Gasteiger partial charge is 0.296 e. The van der Waals surface area contributed by atoms with Crippen LogP contribution in [0.25, 0.3) is 16.9 Å². The number of fused-ring (bicyclic) bond motifs is 1. The SMILES string of the molecule is CN1CCC[C@H]1C(=O)N[C@H]1CC[C@H](CNc2nc(N3CCOCC3)cc(-n3c(C(F)F)nc4ccccc43)n2)CC1. The van der Waals surface area contributed by atoms with Crippen molar-refractivity contribution in [3.8, 4) is 5.82 Å². The van der Waals surface area contributed by atoms with Crippen LogP contribution in [0.1, 0.15) is 50.8 Å². The minimum atomic E-state index is -2.76. The maximum Gasteiger partial charge on any atom is 0.296 e. The van der Waals surface area contributed by atoms with Gasteiger partial charge in [-0.25, -0.2) is 13.8 Å². The normalized spacial score (nSPS) is 23.8. The van der Waals surface area contributed by atoms with E-state index in [4.69, 9.17) is 14.7 Å². The van der Waals surface area contributed by atoms with Gasteiger partial charge in [-0.3, -0.25) is 14.3 Å². The Kier molecular flexibility index (Phi) is 8.29. The number of halogens is 2. The summed E-state index contributed by atoms with van der Waals surface area (Å²) in [5.74, 6) is 1.65. The van der Waals surface area contributed by atoms with E-state index in [1.54, 1.807) is 24.3 Å². The van der Waals surface area contributed by atoms with Crippen molar-refractivity contribution in [1.82, 2.24) is 29.7 Å². The van der Waals surface area contributed by atoms with Crippen molar-refractivity contribution >= 4 is 28.7 Å². The number of likely N-dealkylation sites (N-methyl/N-ethyl adjacent to an activating group) is 1. The summed E-state index contributed by atoms with van der Waals surface area (Å²) in [6.45, 7) is 4.13. The van der Waals surface area contributed by atoms with Crippen LogP contribution in [0.2, 0.25) is 0 Å². The fraction of sp³-hybridized carbons (Fsp3) is 0.586. The van der Waals surface area contributed by atoms with Gasteiger partial charge >= 0.3 is 0 Å². The standard InChI is InChI=1S/C29H38F2N8O2/c1-37-12-4-7-23(37)28(40)33-20-10-8-19(9-11-20)18-32-29-35-24(38-13-15-41-16-14-38)17-25(36-29)39-22-6-3-2-5-21(22)34-27(39)26(30)31/h2-3,5-6,17,19-20,23,26H,4,7-16,18H2,1H3,(H,33,40)(H,32,35,36)/t19-,20-,23-/m0/s1. The summed E-state index contributed by atoms with van der Waals surface area (Å²) in [6, 6.07) is 9.07. The summed E-state index contributed by atoms with van der Waals surface area (Å²) in [6.07, 6.45) is 3.09. The zero-order chi connectivity index (χ0) is 28.3. The molecule has 220 valence electrons. The highest BCUT2D eigenvalue weighted by Crippen LogP contribution is 2.30.